The van der Waals surface area contributed by atoms with Crippen LogP contribution in [-0.2, 0) is 10.2 Å². The summed E-state index contributed by atoms with van der Waals surface area (Å²) < 4.78 is 0. The quantitative estimate of drug-likeness (QED) is 0.843. The van der Waals surface area contributed by atoms with Crippen LogP contribution in [0.25, 0.3) is 0 Å². The van der Waals surface area contributed by atoms with Crippen LogP contribution in [0.1, 0.15) is 44.7 Å². The first kappa shape index (κ1) is 14.7. The first-order chi connectivity index (χ1) is 8.30. The fourth-order valence-electron chi connectivity index (χ4n) is 1.83. The Morgan fingerprint density at radius 1 is 1.28 bits per heavy atom. The van der Waals surface area contributed by atoms with Crippen molar-refractivity contribution in [3.05, 3.63) is 35.4 Å². The zero-order valence-electron chi connectivity index (χ0n) is 11.7. The largest absolute Gasteiger partial charge is 0.480 e. The van der Waals surface area contributed by atoms with E-state index >= 15 is 0 Å². The third-order valence-electron chi connectivity index (χ3n) is 3.07. The minimum absolute atomic E-state index is 0.0183. The number of carbonyl (C=O) groups is 1. The third kappa shape index (κ3) is 4.49. The Balaban J connectivity index is 2.59. The van der Waals surface area contributed by atoms with Crippen LogP contribution in [0.15, 0.2) is 24.3 Å². The van der Waals surface area contributed by atoms with Crippen LogP contribution in [0.3, 0.4) is 0 Å². The number of carboxylic acid groups (broad SMARTS) is 1. The average Bonchev–Trinajstić information content (AvgIpc) is 2.27. The van der Waals surface area contributed by atoms with Gasteiger partial charge in [-0.05, 0) is 22.5 Å². The second-order valence-corrected chi connectivity index (χ2v) is 5.80. The molecule has 0 saturated heterocycles. The fraction of sp³-hybridized carbons (Fsp3) is 0.533. The van der Waals surface area contributed by atoms with Gasteiger partial charge < -0.3 is 10.4 Å². The average molecular weight is 249 g/mol. The summed E-state index contributed by atoms with van der Waals surface area (Å²) in [6, 6.07) is 8.58. The van der Waals surface area contributed by atoms with Gasteiger partial charge in [-0.25, -0.2) is 0 Å². The van der Waals surface area contributed by atoms with E-state index in [1.165, 1.54) is 11.1 Å². The van der Waals surface area contributed by atoms with Crippen molar-refractivity contribution in [2.75, 3.05) is 13.1 Å². The number of aliphatic carboxylic acids is 1. The Bertz CT molecular complexity index is 390. The Morgan fingerprint density at radius 2 is 1.83 bits per heavy atom. The fourth-order valence-corrected chi connectivity index (χ4v) is 1.83. The highest BCUT2D eigenvalue weighted by Crippen LogP contribution is 2.24. The molecule has 0 aliphatic rings. The summed E-state index contributed by atoms with van der Waals surface area (Å²) in [7, 11) is 0. The highest BCUT2D eigenvalue weighted by molar-refractivity contribution is 5.68. The van der Waals surface area contributed by atoms with Crippen molar-refractivity contribution in [3.8, 4) is 0 Å². The van der Waals surface area contributed by atoms with E-state index in [-0.39, 0.29) is 12.0 Å². The number of rotatable bonds is 5. The summed E-state index contributed by atoms with van der Waals surface area (Å²) >= 11 is 0. The molecule has 3 nitrogen and oxygen atoms in total. The molecule has 0 amide bonds. The molecule has 0 bridgehead atoms. The molecule has 18 heavy (non-hydrogen) atoms. The van der Waals surface area contributed by atoms with E-state index < -0.39 is 5.97 Å². The van der Waals surface area contributed by atoms with Gasteiger partial charge in [0.2, 0.25) is 0 Å². The zero-order valence-corrected chi connectivity index (χ0v) is 11.7. The summed E-state index contributed by atoms with van der Waals surface area (Å²) in [4.78, 5) is 10.4. The maximum atomic E-state index is 10.4. The minimum Gasteiger partial charge on any atom is -0.480 e. The number of carboxylic acids is 1. The van der Waals surface area contributed by atoms with Crippen molar-refractivity contribution in [2.45, 2.75) is 39.0 Å². The van der Waals surface area contributed by atoms with Gasteiger partial charge in [0.1, 0.15) is 0 Å². The number of nitrogens with one attached hydrogen (secondary N) is 1. The highest BCUT2D eigenvalue weighted by Gasteiger charge is 2.14. The Hall–Kier alpha value is -1.35. The zero-order chi connectivity index (χ0) is 13.8. The topological polar surface area (TPSA) is 49.3 Å². The lowest BCUT2D eigenvalue weighted by Gasteiger charge is -2.20. The van der Waals surface area contributed by atoms with Crippen molar-refractivity contribution >= 4 is 5.97 Å². The molecule has 0 aliphatic carbocycles. The van der Waals surface area contributed by atoms with Gasteiger partial charge in [-0.15, -0.1) is 0 Å². The van der Waals surface area contributed by atoms with E-state index in [1.54, 1.807) is 0 Å². The molecule has 1 atom stereocenters. The lowest BCUT2D eigenvalue weighted by molar-refractivity contribution is -0.135. The molecule has 0 aliphatic heterocycles. The van der Waals surface area contributed by atoms with E-state index in [0.29, 0.717) is 12.5 Å². The van der Waals surface area contributed by atoms with Gasteiger partial charge in [0.05, 0.1) is 6.54 Å². The van der Waals surface area contributed by atoms with Crippen LogP contribution in [0.2, 0.25) is 0 Å². The van der Waals surface area contributed by atoms with Crippen molar-refractivity contribution in [3.63, 3.8) is 0 Å². The van der Waals surface area contributed by atoms with E-state index in [9.17, 15) is 4.79 Å². The summed E-state index contributed by atoms with van der Waals surface area (Å²) in [6.07, 6.45) is 0. The van der Waals surface area contributed by atoms with Crippen LogP contribution in [0.4, 0.5) is 0 Å². The Kier molecular flexibility index (Phi) is 4.91. The van der Waals surface area contributed by atoms with Gasteiger partial charge in [-0.2, -0.15) is 0 Å². The summed E-state index contributed by atoms with van der Waals surface area (Å²) in [5.74, 6) is -0.497. The summed E-state index contributed by atoms with van der Waals surface area (Å²) in [6.45, 7) is 9.38. The lowest BCUT2D eigenvalue weighted by Crippen LogP contribution is -2.26. The maximum Gasteiger partial charge on any atom is 0.317 e. The van der Waals surface area contributed by atoms with Gasteiger partial charge in [0, 0.05) is 6.54 Å². The van der Waals surface area contributed by atoms with E-state index in [4.69, 9.17) is 5.11 Å². The predicted octanol–water partition coefficient (Wildman–Crippen LogP) is 2.76. The molecule has 2 N–H and O–H groups in total. The summed E-state index contributed by atoms with van der Waals surface area (Å²) in [5.41, 5.74) is 2.72. The van der Waals surface area contributed by atoms with E-state index in [2.05, 4.69) is 57.3 Å². The molecule has 100 valence electrons. The molecule has 0 saturated carbocycles. The van der Waals surface area contributed by atoms with Crippen molar-refractivity contribution < 1.29 is 9.90 Å². The van der Waals surface area contributed by atoms with Gasteiger partial charge >= 0.3 is 5.97 Å². The van der Waals surface area contributed by atoms with Gasteiger partial charge in [0.15, 0.2) is 0 Å². The molecular weight excluding hydrogens is 226 g/mol. The normalized spacial score (nSPS) is 13.3. The van der Waals surface area contributed by atoms with E-state index in [1.807, 2.05) is 0 Å². The number of hydrogen-bond donors (Lipinski definition) is 2. The highest BCUT2D eigenvalue weighted by atomic mass is 16.4. The first-order valence-corrected chi connectivity index (χ1v) is 6.33. The molecule has 0 spiro atoms. The number of hydrogen-bond acceptors (Lipinski definition) is 2. The third-order valence-corrected chi connectivity index (χ3v) is 3.07. The molecule has 0 heterocycles. The molecule has 1 aromatic carbocycles. The second-order valence-electron chi connectivity index (χ2n) is 5.80. The molecular formula is C15H23NO2. The van der Waals surface area contributed by atoms with Crippen LogP contribution < -0.4 is 5.32 Å². The summed E-state index contributed by atoms with van der Waals surface area (Å²) in [5, 5.41) is 11.5. The SMILES string of the molecule is C[C@H](CNCC(=O)O)c1ccc(C(C)(C)C)cc1. The Labute approximate surface area is 109 Å². The number of benzene rings is 1. The molecule has 1 aromatic rings. The van der Waals surface area contributed by atoms with Crippen molar-refractivity contribution in [2.24, 2.45) is 0 Å². The van der Waals surface area contributed by atoms with Crippen molar-refractivity contribution in [1.82, 2.24) is 5.32 Å². The van der Waals surface area contributed by atoms with Gasteiger partial charge in [-0.1, -0.05) is 52.0 Å². The van der Waals surface area contributed by atoms with Gasteiger partial charge in [0.25, 0.3) is 0 Å². The van der Waals surface area contributed by atoms with Crippen LogP contribution in [0.5, 0.6) is 0 Å². The molecule has 1 rings (SSSR count). The monoisotopic (exact) mass is 249 g/mol. The molecule has 0 fully saturated rings. The van der Waals surface area contributed by atoms with Crippen molar-refractivity contribution in [1.29, 1.82) is 0 Å². The second kappa shape index (κ2) is 6.01. The Morgan fingerprint density at radius 3 is 2.28 bits per heavy atom. The lowest BCUT2D eigenvalue weighted by atomic mass is 9.86. The predicted molar refractivity (Wildman–Crippen MR) is 74.1 cm³/mol. The van der Waals surface area contributed by atoms with Crippen LogP contribution in [-0.4, -0.2) is 24.2 Å². The molecule has 0 aromatic heterocycles. The van der Waals surface area contributed by atoms with E-state index in [0.717, 1.165) is 0 Å². The van der Waals surface area contributed by atoms with Crippen LogP contribution in [0, 0.1) is 0 Å². The molecule has 0 unspecified atom stereocenters. The van der Waals surface area contributed by atoms with Crippen LogP contribution >= 0.6 is 0 Å². The standard InChI is InChI=1S/C15H23NO2/c1-11(9-16-10-14(17)18)12-5-7-13(8-6-12)15(2,3)4/h5-8,11,16H,9-10H2,1-4H3,(H,17,18)/t11-/m1/s1. The first-order valence-electron chi connectivity index (χ1n) is 6.33. The maximum absolute atomic E-state index is 10.4. The smallest absolute Gasteiger partial charge is 0.317 e. The minimum atomic E-state index is -0.815. The van der Waals surface area contributed by atoms with Gasteiger partial charge in [-0.3, -0.25) is 4.79 Å². The molecule has 3 heteroatoms. The molecule has 0 radical (unpaired) electrons.